The van der Waals surface area contributed by atoms with Crippen LogP contribution in [0.2, 0.25) is 0 Å². The Hall–Kier alpha value is -0.150. The van der Waals surface area contributed by atoms with Gasteiger partial charge >= 0.3 is 0 Å². The summed E-state index contributed by atoms with van der Waals surface area (Å²) < 4.78 is 17.6. The van der Waals surface area contributed by atoms with Crippen LogP contribution < -0.4 is 0 Å². The molecule has 0 N–H and O–H groups in total. The van der Waals surface area contributed by atoms with Crippen LogP contribution in [0, 0.1) is 12.3 Å². The van der Waals surface area contributed by atoms with Gasteiger partial charge in [0.25, 0.3) is 0 Å². The summed E-state index contributed by atoms with van der Waals surface area (Å²) in [7, 11) is -1.07. The van der Waals surface area contributed by atoms with Gasteiger partial charge in [-0.05, 0) is 6.42 Å². The first kappa shape index (κ1) is 8.94. The van der Waals surface area contributed by atoms with Gasteiger partial charge in [-0.1, -0.05) is 5.92 Å². The molecule has 2 unspecified atom stereocenters. The van der Waals surface area contributed by atoms with Gasteiger partial charge in [0.05, 0.1) is 12.6 Å². The van der Waals surface area contributed by atoms with Crippen LogP contribution in [0.25, 0.3) is 0 Å². The highest BCUT2D eigenvalue weighted by Crippen LogP contribution is 2.15. The van der Waals surface area contributed by atoms with Gasteiger partial charge in [0, 0.05) is 18.2 Å². The maximum Gasteiger partial charge on any atom is 0.213 e. The minimum Gasteiger partial charge on any atom is -0.278 e. The average Bonchev–Trinajstić information content (AvgIpc) is 1.95. The molecule has 0 aromatic carbocycles. The second-order valence-corrected chi connectivity index (χ2v) is 5.20. The summed E-state index contributed by atoms with van der Waals surface area (Å²) >= 11 is 4.70. The maximum atomic E-state index is 11.3. The van der Waals surface area contributed by atoms with Crippen molar-refractivity contribution in [2.75, 3.05) is 13.7 Å². The van der Waals surface area contributed by atoms with Crippen LogP contribution in [-0.2, 0) is 24.3 Å². The lowest BCUT2D eigenvalue weighted by Crippen LogP contribution is -2.41. The normalized spacial score (nSPS) is 39.8. The highest BCUT2D eigenvalue weighted by Gasteiger charge is 2.27. The van der Waals surface area contributed by atoms with Gasteiger partial charge in [-0.3, -0.25) is 4.18 Å². The van der Waals surface area contributed by atoms with E-state index in [9.17, 15) is 4.21 Å². The predicted molar refractivity (Wildman–Crippen MR) is 46.5 cm³/mol. The molecule has 5 heteroatoms. The number of hydrogen-bond donors (Lipinski definition) is 0. The lowest BCUT2D eigenvalue weighted by molar-refractivity contribution is 0.233. The first-order valence-electron chi connectivity index (χ1n) is 3.16. The summed E-state index contributed by atoms with van der Waals surface area (Å²) in [5, 5.41) is 0. The van der Waals surface area contributed by atoms with Gasteiger partial charge in [-0.25, -0.2) is 4.21 Å². The highest BCUT2D eigenvalue weighted by molar-refractivity contribution is 8.28. The molecule has 0 saturated carbocycles. The van der Waals surface area contributed by atoms with E-state index in [2.05, 4.69) is 5.92 Å². The standard InChI is InChI=1S/C6H9NO2S2/c1-3-6-4-5-9-11(8,10)7(6)2/h1,6H,4-5H2,2H3. The van der Waals surface area contributed by atoms with Gasteiger partial charge in [0.2, 0.25) is 8.96 Å². The van der Waals surface area contributed by atoms with E-state index in [0.717, 1.165) is 0 Å². The van der Waals surface area contributed by atoms with E-state index in [1.54, 1.807) is 7.05 Å². The molecule has 11 heavy (non-hydrogen) atoms. The van der Waals surface area contributed by atoms with Gasteiger partial charge in [-0.15, -0.1) is 6.42 Å². The lowest BCUT2D eigenvalue weighted by atomic mass is 10.2. The molecule has 1 aliphatic rings. The van der Waals surface area contributed by atoms with Crippen molar-refractivity contribution in [2.45, 2.75) is 12.5 Å². The molecule has 1 saturated heterocycles. The minimum absolute atomic E-state index is 0.145. The molecule has 0 spiro atoms. The molecule has 1 rings (SSSR count). The molecule has 0 aromatic rings. The maximum absolute atomic E-state index is 11.3. The van der Waals surface area contributed by atoms with E-state index in [1.807, 2.05) is 0 Å². The van der Waals surface area contributed by atoms with E-state index >= 15 is 0 Å². The fourth-order valence-corrected chi connectivity index (χ4v) is 2.34. The number of rotatable bonds is 0. The molecule has 2 atom stereocenters. The molecule has 0 amide bonds. The zero-order valence-corrected chi connectivity index (χ0v) is 7.78. The average molecular weight is 191 g/mol. The van der Waals surface area contributed by atoms with Crippen LogP contribution >= 0.6 is 0 Å². The highest BCUT2D eigenvalue weighted by atomic mass is 32.8. The smallest absolute Gasteiger partial charge is 0.213 e. The number of hydrogen-bond acceptors (Lipinski definition) is 3. The Morgan fingerprint density at radius 2 is 2.55 bits per heavy atom. The molecule has 1 fully saturated rings. The van der Waals surface area contributed by atoms with Crippen LogP contribution in [0.15, 0.2) is 0 Å². The zero-order chi connectivity index (χ0) is 8.48. The van der Waals surface area contributed by atoms with Crippen molar-refractivity contribution in [3.8, 4) is 12.3 Å². The Morgan fingerprint density at radius 1 is 1.91 bits per heavy atom. The minimum atomic E-state index is -2.70. The molecule has 0 radical (unpaired) electrons. The zero-order valence-electron chi connectivity index (χ0n) is 6.15. The van der Waals surface area contributed by atoms with E-state index in [1.165, 1.54) is 4.31 Å². The van der Waals surface area contributed by atoms with E-state index in [4.69, 9.17) is 21.8 Å². The Labute approximate surface area is 71.7 Å². The van der Waals surface area contributed by atoms with Crippen LogP contribution in [0.1, 0.15) is 6.42 Å². The molecule has 0 aromatic heterocycles. The first-order valence-corrected chi connectivity index (χ1v) is 5.53. The molecule has 62 valence electrons. The second-order valence-electron chi connectivity index (χ2n) is 2.27. The van der Waals surface area contributed by atoms with Gasteiger partial charge in [0.1, 0.15) is 0 Å². The van der Waals surface area contributed by atoms with Crippen LogP contribution in [0.3, 0.4) is 0 Å². The number of nitrogens with zero attached hydrogens (tertiary/aromatic N) is 1. The lowest BCUT2D eigenvalue weighted by Gasteiger charge is -2.29. The number of terminal acetylenes is 1. The van der Waals surface area contributed by atoms with Crippen molar-refractivity contribution in [3.05, 3.63) is 0 Å². The van der Waals surface area contributed by atoms with Gasteiger partial charge in [-0.2, -0.15) is 4.31 Å². The molecule has 1 aliphatic heterocycles. The Kier molecular flexibility index (Phi) is 2.50. The summed E-state index contributed by atoms with van der Waals surface area (Å²) in [6.07, 6.45) is 5.89. The second kappa shape index (κ2) is 3.07. The topological polar surface area (TPSA) is 29.5 Å². The van der Waals surface area contributed by atoms with Crippen LogP contribution in [0.5, 0.6) is 0 Å². The van der Waals surface area contributed by atoms with E-state index in [0.29, 0.717) is 13.0 Å². The Bertz CT molecular complexity index is 277. The predicted octanol–water partition coefficient (Wildman–Crippen LogP) is -0.0834. The summed E-state index contributed by atoms with van der Waals surface area (Å²) in [4.78, 5) is 0. The fraction of sp³-hybridized carbons (Fsp3) is 0.667. The van der Waals surface area contributed by atoms with E-state index < -0.39 is 8.96 Å². The molecule has 0 bridgehead atoms. The van der Waals surface area contributed by atoms with Crippen molar-refractivity contribution in [1.82, 2.24) is 4.31 Å². The molecule has 3 nitrogen and oxygen atoms in total. The SMILES string of the molecule is C#CC1CCOS(=O)(=S)N1C. The van der Waals surface area contributed by atoms with E-state index in [-0.39, 0.29) is 6.04 Å². The molecular weight excluding hydrogens is 182 g/mol. The van der Waals surface area contributed by atoms with Gasteiger partial charge in [0.15, 0.2) is 0 Å². The van der Waals surface area contributed by atoms with Crippen molar-refractivity contribution < 1.29 is 8.39 Å². The van der Waals surface area contributed by atoms with Gasteiger partial charge < -0.3 is 0 Å². The summed E-state index contributed by atoms with van der Waals surface area (Å²) in [5.41, 5.74) is 0. The Balaban J connectivity index is 2.87. The molecular formula is C6H9NO2S2. The molecule has 1 heterocycles. The quantitative estimate of drug-likeness (QED) is 0.501. The Morgan fingerprint density at radius 3 is 3.00 bits per heavy atom. The largest absolute Gasteiger partial charge is 0.278 e. The fourth-order valence-electron chi connectivity index (χ4n) is 0.874. The van der Waals surface area contributed by atoms with Crippen molar-refractivity contribution >= 4 is 20.1 Å². The van der Waals surface area contributed by atoms with Crippen LogP contribution in [0.4, 0.5) is 0 Å². The third-order valence-corrected chi connectivity index (χ3v) is 4.03. The van der Waals surface area contributed by atoms with Crippen LogP contribution in [-0.4, -0.2) is 28.2 Å². The summed E-state index contributed by atoms with van der Waals surface area (Å²) in [5.74, 6) is 2.51. The monoisotopic (exact) mass is 191 g/mol. The first-order chi connectivity index (χ1) is 5.08. The van der Waals surface area contributed by atoms with Crippen molar-refractivity contribution in [3.63, 3.8) is 0 Å². The third-order valence-electron chi connectivity index (χ3n) is 1.61. The molecule has 0 aliphatic carbocycles. The summed E-state index contributed by atoms with van der Waals surface area (Å²) in [6.45, 7) is 0.390. The summed E-state index contributed by atoms with van der Waals surface area (Å²) in [6, 6.07) is -0.145. The third kappa shape index (κ3) is 1.71. The van der Waals surface area contributed by atoms with Crippen molar-refractivity contribution in [1.29, 1.82) is 0 Å². The van der Waals surface area contributed by atoms with Crippen molar-refractivity contribution in [2.24, 2.45) is 0 Å².